The van der Waals surface area contributed by atoms with E-state index in [1.807, 2.05) is 30.3 Å². The van der Waals surface area contributed by atoms with Gasteiger partial charge in [-0.2, -0.15) is 0 Å². The van der Waals surface area contributed by atoms with Gasteiger partial charge in [0.25, 0.3) is 0 Å². The van der Waals surface area contributed by atoms with E-state index in [4.69, 9.17) is 9.47 Å². The molecule has 3 heteroatoms. The highest BCUT2D eigenvalue weighted by Crippen LogP contribution is 2.62. The Morgan fingerprint density at radius 2 is 1.34 bits per heavy atom. The van der Waals surface area contributed by atoms with Crippen LogP contribution in [0, 0.1) is 5.82 Å². The average molecular weight is 615 g/mol. The Labute approximate surface area is 275 Å². The van der Waals surface area contributed by atoms with Crippen LogP contribution >= 0.6 is 0 Å². The first-order valence-electron chi connectivity index (χ1n) is 16.7. The summed E-state index contributed by atoms with van der Waals surface area (Å²) in [6.07, 6.45) is 10.0. The lowest BCUT2D eigenvalue weighted by atomic mass is 9.66. The van der Waals surface area contributed by atoms with Gasteiger partial charge in [-0.15, -0.1) is 0 Å². The normalized spacial score (nSPS) is 18.8. The molecule has 1 aliphatic heterocycles. The molecular formula is C44H35FO2. The zero-order chi connectivity index (χ0) is 31.6. The molecule has 1 fully saturated rings. The topological polar surface area (TPSA) is 18.5 Å². The molecule has 47 heavy (non-hydrogen) atoms. The first kappa shape index (κ1) is 28.1. The molecule has 0 bridgehead atoms. The van der Waals surface area contributed by atoms with Crippen LogP contribution in [-0.2, 0) is 11.0 Å². The summed E-state index contributed by atoms with van der Waals surface area (Å²) in [5.41, 5.74) is 9.29. The maximum atomic E-state index is 15.0. The van der Waals surface area contributed by atoms with Crippen LogP contribution in [0.25, 0.3) is 39.1 Å². The highest BCUT2D eigenvalue weighted by molar-refractivity contribution is 6.08. The fourth-order valence-corrected chi connectivity index (χ4v) is 8.66. The summed E-state index contributed by atoms with van der Waals surface area (Å²) < 4.78 is 28.0. The summed E-state index contributed by atoms with van der Waals surface area (Å²) in [7, 11) is 1.69. The average Bonchev–Trinajstić information content (AvgIpc) is 3.40. The molecule has 230 valence electrons. The van der Waals surface area contributed by atoms with E-state index in [2.05, 4.69) is 97.1 Å². The minimum absolute atomic E-state index is 0.163. The maximum absolute atomic E-state index is 15.0. The third-order valence-corrected chi connectivity index (χ3v) is 10.8. The summed E-state index contributed by atoms with van der Waals surface area (Å²) in [5, 5.41) is 2.24. The van der Waals surface area contributed by atoms with Crippen LogP contribution in [0.5, 0.6) is 11.5 Å². The predicted octanol–water partition coefficient (Wildman–Crippen LogP) is 11.2. The molecule has 0 amide bonds. The fraction of sp³-hybridized carbons (Fsp3) is 0.182. The third-order valence-electron chi connectivity index (χ3n) is 10.8. The summed E-state index contributed by atoms with van der Waals surface area (Å²) in [6, 6.07) is 41.5. The van der Waals surface area contributed by atoms with Crippen molar-refractivity contribution < 1.29 is 13.9 Å². The molecule has 1 atom stereocenters. The van der Waals surface area contributed by atoms with Crippen molar-refractivity contribution in [1.29, 1.82) is 0 Å². The van der Waals surface area contributed by atoms with Crippen LogP contribution in [0.4, 0.5) is 4.39 Å². The fourth-order valence-electron chi connectivity index (χ4n) is 8.66. The van der Waals surface area contributed by atoms with Crippen molar-refractivity contribution in [3.63, 3.8) is 0 Å². The van der Waals surface area contributed by atoms with Gasteiger partial charge in [-0.25, -0.2) is 4.39 Å². The molecule has 9 rings (SSSR count). The molecule has 1 heterocycles. The van der Waals surface area contributed by atoms with Crippen molar-refractivity contribution in [3.05, 3.63) is 161 Å². The van der Waals surface area contributed by atoms with E-state index >= 15 is 0 Å². The maximum Gasteiger partial charge on any atom is 0.178 e. The molecule has 1 spiro atoms. The molecular weight excluding hydrogens is 579 g/mol. The van der Waals surface area contributed by atoms with E-state index in [0.717, 1.165) is 75.8 Å². The molecule has 0 saturated heterocycles. The van der Waals surface area contributed by atoms with Crippen molar-refractivity contribution in [2.75, 3.05) is 7.11 Å². The number of hydrogen-bond donors (Lipinski definition) is 0. The van der Waals surface area contributed by atoms with Crippen molar-refractivity contribution in [3.8, 4) is 33.8 Å². The molecule has 2 nitrogen and oxygen atoms in total. The van der Waals surface area contributed by atoms with Gasteiger partial charge < -0.3 is 9.47 Å². The Morgan fingerprint density at radius 1 is 0.681 bits per heavy atom. The van der Waals surface area contributed by atoms with E-state index < -0.39 is 5.60 Å². The Bertz CT molecular complexity index is 2170. The monoisotopic (exact) mass is 614 g/mol. The number of ether oxygens (including phenoxy) is 2. The van der Waals surface area contributed by atoms with Gasteiger partial charge in [0.1, 0.15) is 17.3 Å². The number of hydrogen-bond acceptors (Lipinski definition) is 2. The van der Waals surface area contributed by atoms with Gasteiger partial charge in [-0.05, 0) is 82.0 Å². The lowest BCUT2D eigenvalue weighted by Gasteiger charge is -2.41. The Balaban J connectivity index is 1.30. The van der Waals surface area contributed by atoms with Gasteiger partial charge in [-0.1, -0.05) is 122 Å². The lowest BCUT2D eigenvalue weighted by molar-refractivity contribution is 0.163. The van der Waals surface area contributed by atoms with E-state index in [1.54, 1.807) is 13.2 Å². The molecule has 6 aromatic rings. The van der Waals surface area contributed by atoms with Crippen LogP contribution in [0.1, 0.15) is 59.9 Å². The second-order valence-corrected chi connectivity index (χ2v) is 13.2. The molecule has 1 saturated carbocycles. The zero-order valence-electron chi connectivity index (χ0n) is 26.4. The molecule has 0 aromatic heterocycles. The van der Waals surface area contributed by atoms with Crippen molar-refractivity contribution in [1.82, 2.24) is 0 Å². The van der Waals surface area contributed by atoms with Crippen LogP contribution < -0.4 is 9.47 Å². The lowest BCUT2D eigenvalue weighted by Crippen LogP contribution is -2.35. The largest absolute Gasteiger partial charge is 0.497 e. The minimum Gasteiger partial charge on any atom is -0.497 e. The van der Waals surface area contributed by atoms with E-state index in [9.17, 15) is 4.39 Å². The van der Waals surface area contributed by atoms with Crippen molar-refractivity contribution >= 4 is 16.8 Å². The predicted molar refractivity (Wildman–Crippen MR) is 189 cm³/mol. The van der Waals surface area contributed by atoms with Crippen LogP contribution in [-0.4, -0.2) is 7.11 Å². The van der Waals surface area contributed by atoms with Gasteiger partial charge in [-0.3, -0.25) is 0 Å². The van der Waals surface area contributed by atoms with Crippen LogP contribution in [0.15, 0.2) is 127 Å². The molecule has 0 radical (unpaired) electrons. The highest BCUT2D eigenvalue weighted by atomic mass is 19.1. The summed E-state index contributed by atoms with van der Waals surface area (Å²) in [6.45, 7) is 0. The Hall–Kier alpha value is -5.15. The molecule has 6 aromatic carbocycles. The van der Waals surface area contributed by atoms with Gasteiger partial charge in [0.2, 0.25) is 0 Å². The van der Waals surface area contributed by atoms with Crippen molar-refractivity contribution in [2.45, 2.75) is 43.1 Å². The van der Waals surface area contributed by atoms with E-state index in [0.29, 0.717) is 0 Å². The number of methoxy groups -OCH3 is 1. The van der Waals surface area contributed by atoms with Gasteiger partial charge in [0.15, 0.2) is 5.60 Å². The second-order valence-electron chi connectivity index (χ2n) is 13.2. The summed E-state index contributed by atoms with van der Waals surface area (Å²) in [4.78, 5) is 0. The quantitative estimate of drug-likeness (QED) is 0.197. The van der Waals surface area contributed by atoms with Gasteiger partial charge in [0, 0.05) is 27.5 Å². The van der Waals surface area contributed by atoms with Crippen LogP contribution in [0.3, 0.4) is 0 Å². The van der Waals surface area contributed by atoms with E-state index in [-0.39, 0.29) is 11.2 Å². The Kier molecular flexibility index (Phi) is 6.40. The Morgan fingerprint density at radius 3 is 2.06 bits per heavy atom. The smallest absolute Gasteiger partial charge is 0.178 e. The number of fused-ring (bicyclic) bond motifs is 10. The third kappa shape index (κ3) is 4.15. The van der Waals surface area contributed by atoms with Crippen molar-refractivity contribution in [2.24, 2.45) is 0 Å². The van der Waals surface area contributed by atoms with Crippen LogP contribution in [0.2, 0.25) is 0 Å². The molecule has 0 N–H and O–H groups in total. The number of benzene rings is 6. The van der Waals surface area contributed by atoms with E-state index in [1.165, 1.54) is 28.7 Å². The van der Waals surface area contributed by atoms with Gasteiger partial charge in [0.05, 0.1) is 7.11 Å². The SMILES string of the molecule is COc1ccc(C2(c3ccc(-c4ccccc4)cc3)C=Cc3c4c(c5ccccc5c3O2)-c2ccc(F)cc2C42CCCCC2)cc1. The standard InChI is InChI=1S/C44H35FO2/c1-46-34-21-18-32(19-22-34)44(31-16-14-30(15-17-31)29-10-4-2-5-11-29)27-24-38-41-40(35-12-6-7-13-36(35)42(38)47-44)37-23-20-33(45)28-39(37)43(41)25-8-3-9-26-43/h2,4-7,10-24,27-28H,3,8-9,25-26H2,1H3. The first-order chi connectivity index (χ1) is 23.1. The minimum atomic E-state index is -0.872. The number of halogens is 1. The summed E-state index contributed by atoms with van der Waals surface area (Å²) >= 11 is 0. The second kappa shape index (κ2) is 10.7. The highest BCUT2D eigenvalue weighted by Gasteiger charge is 2.48. The molecule has 1 unspecified atom stereocenters. The molecule has 3 aliphatic rings. The molecule has 2 aliphatic carbocycles. The number of rotatable bonds is 4. The summed E-state index contributed by atoms with van der Waals surface area (Å²) in [5.74, 6) is 1.53. The zero-order valence-corrected chi connectivity index (χ0v) is 26.4. The first-order valence-corrected chi connectivity index (χ1v) is 16.7. The van der Waals surface area contributed by atoms with Gasteiger partial charge >= 0.3 is 0 Å².